The quantitative estimate of drug-likeness (QED) is 0.371. The van der Waals surface area contributed by atoms with Crippen molar-refractivity contribution in [2.45, 2.75) is 64.3 Å². The molecule has 11 heteroatoms. The molecule has 1 amide bonds. The van der Waals surface area contributed by atoms with Crippen molar-refractivity contribution in [3.63, 3.8) is 0 Å². The Kier molecular flexibility index (Phi) is 12.9. The number of pyridine rings is 1. The van der Waals surface area contributed by atoms with Crippen LogP contribution in [0.15, 0.2) is 71.0 Å². The molecule has 1 aliphatic carbocycles. The van der Waals surface area contributed by atoms with Gasteiger partial charge in [-0.1, -0.05) is 25.7 Å². The number of rotatable bonds is 6. The van der Waals surface area contributed by atoms with Crippen molar-refractivity contribution in [1.82, 2.24) is 19.4 Å². The van der Waals surface area contributed by atoms with Crippen molar-refractivity contribution in [3.8, 4) is 0 Å². The highest BCUT2D eigenvalue weighted by Gasteiger charge is 2.29. The number of hydrogen-bond acceptors (Lipinski definition) is 6. The minimum Gasteiger partial charge on any atom is -0.383 e. The van der Waals surface area contributed by atoms with Crippen LogP contribution in [0.25, 0.3) is 6.08 Å². The largest absolute Gasteiger partial charge is 0.383 e. The summed E-state index contributed by atoms with van der Waals surface area (Å²) in [6.45, 7) is 8.18. The number of hydrogen-bond donors (Lipinski definition) is 3. The van der Waals surface area contributed by atoms with Crippen LogP contribution in [-0.4, -0.2) is 52.5 Å². The Morgan fingerprint density at radius 1 is 1.14 bits per heavy atom. The zero-order valence-corrected chi connectivity index (χ0v) is 25.3. The van der Waals surface area contributed by atoms with Crippen LogP contribution in [0.5, 0.6) is 0 Å². The molecule has 1 unspecified atom stereocenters. The summed E-state index contributed by atoms with van der Waals surface area (Å²) in [5.41, 5.74) is 13.5. The number of aromatic nitrogens is 3. The van der Waals surface area contributed by atoms with Crippen LogP contribution in [0.3, 0.4) is 0 Å². The summed E-state index contributed by atoms with van der Waals surface area (Å²) >= 11 is 0. The van der Waals surface area contributed by atoms with Gasteiger partial charge in [-0.25, -0.2) is 13.6 Å². The van der Waals surface area contributed by atoms with Gasteiger partial charge in [-0.15, -0.1) is 0 Å². The first kappa shape index (κ1) is 33.5. The fraction of sp³-hybridized carbons (Fsp3) is 0.469. The SMILES string of the molecule is C=C1CCCC(C2=CCCC(F)=C2F)CN1c1ccncc1.CC/C=C\c1c(N)[nH]c(=O)n1C1CCN(C=O)CC1.CN. The molecule has 2 saturated heterocycles. The van der Waals surface area contributed by atoms with E-state index in [4.69, 9.17) is 5.73 Å². The van der Waals surface area contributed by atoms with Gasteiger partial charge in [-0.3, -0.25) is 19.3 Å². The van der Waals surface area contributed by atoms with Gasteiger partial charge >= 0.3 is 5.69 Å². The van der Waals surface area contributed by atoms with Crippen molar-refractivity contribution in [3.05, 3.63) is 82.4 Å². The van der Waals surface area contributed by atoms with Crippen LogP contribution in [0, 0.1) is 5.92 Å². The fourth-order valence-electron chi connectivity index (χ4n) is 5.74. The minimum atomic E-state index is -0.640. The van der Waals surface area contributed by atoms with Gasteiger partial charge in [0, 0.05) is 61.8 Å². The molecule has 0 saturated carbocycles. The molecule has 0 bridgehead atoms. The van der Waals surface area contributed by atoms with Gasteiger partial charge in [-0.2, -0.15) is 0 Å². The van der Waals surface area contributed by atoms with E-state index in [-0.39, 0.29) is 24.1 Å². The number of nitrogens with zero attached hydrogens (tertiary/aromatic N) is 4. The molecule has 2 fully saturated rings. The third kappa shape index (κ3) is 8.53. The van der Waals surface area contributed by atoms with Gasteiger partial charge in [0.1, 0.15) is 11.6 Å². The number of carbonyl (C=O) groups excluding carboxylic acids is 1. The highest BCUT2D eigenvalue weighted by molar-refractivity contribution is 5.58. The Morgan fingerprint density at radius 2 is 1.84 bits per heavy atom. The third-order valence-corrected chi connectivity index (χ3v) is 7.96. The van der Waals surface area contributed by atoms with Crippen LogP contribution in [-0.2, 0) is 4.79 Å². The van der Waals surface area contributed by atoms with Crippen molar-refractivity contribution >= 4 is 24.0 Å². The summed E-state index contributed by atoms with van der Waals surface area (Å²) in [5, 5.41) is 0. The molecule has 0 radical (unpaired) electrons. The second-order valence-corrected chi connectivity index (χ2v) is 10.7. The molecule has 43 heavy (non-hydrogen) atoms. The molecule has 234 valence electrons. The minimum absolute atomic E-state index is 0.00142. The number of halogens is 2. The molecule has 4 heterocycles. The maximum atomic E-state index is 14.2. The van der Waals surface area contributed by atoms with E-state index >= 15 is 0 Å². The lowest BCUT2D eigenvalue weighted by Crippen LogP contribution is -2.36. The third-order valence-electron chi connectivity index (χ3n) is 7.96. The molecule has 5 N–H and O–H groups in total. The van der Waals surface area contributed by atoms with Crippen LogP contribution in [0.1, 0.15) is 70.0 Å². The molecule has 2 aromatic rings. The Bertz CT molecular complexity index is 1360. The monoisotopic (exact) mass is 597 g/mol. The van der Waals surface area contributed by atoms with Gasteiger partial charge in [0.25, 0.3) is 0 Å². The van der Waals surface area contributed by atoms with E-state index in [1.54, 1.807) is 21.9 Å². The number of anilines is 2. The highest BCUT2D eigenvalue weighted by Crippen LogP contribution is 2.38. The Labute approximate surface area is 252 Å². The molecule has 0 aromatic carbocycles. The molecule has 1 atom stereocenters. The maximum Gasteiger partial charge on any atom is 0.327 e. The van der Waals surface area contributed by atoms with E-state index in [0.717, 1.165) is 62.0 Å². The lowest BCUT2D eigenvalue weighted by atomic mass is 9.89. The van der Waals surface area contributed by atoms with E-state index in [0.29, 0.717) is 37.4 Å². The summed E-state index contributed by atoms with van der Waals surface area (Å²) < 4.78 is 29.5. The summed E-state index contributed by atoms with van der Waals surface area (Å²) in [7, 11) is 1.50. The van der Waals surface area contributed by atoms with E-state index in [1.807, 2.05) is 37.3 Å². The van der Waals surface area contributed by atoms with Gasteiger partial charge < -0.3 is 21.3 Å². The molecular formula is C32H45F2N7O2. The zero-order chi connectivity index (χ0) is 31.4. The van der Waals surface area contributed by atoms with Crippen LogP contribution >= 0.6 is 0 Å². The first-order valence-corrected chi connectivity index (χ1v) is 15.0. The second kappa shape index (κ2) is 16.6. The number of piperidine rings is 1. The number of carbonyl (C=O) groups is 1. The van der Waals surface area contributed by atoms with Crippen LogP contribution in [0.2, 0.25) is 0 Å². The van der Waals surface area contributed by atoms with E-state index in [9.17, 15) is 18.4 Å². The smallest absolute Gasteiger partial charge is 0.327 e. The number of H-pyrrole nitrogens is 1. The molecule has 3 aliphatic rings. The Hall–Kier alpha value is -3.99. The Balaban J connectivity index is 0.000000225. The van der Waals surface area contributed by atoms with Gasteiger partial charge in [-0.05, 0) is 75.8 Å². The Morgan fingerprint density at radius 3 is 2.49 bits per heavy atom. The summed E-state index contributed by atoms with van der Waals surface area (Å²) in [6.07, 6.45) is 16.0. The number of nitrogens with two attached hydrogens (primary N) is 2. The van der Waals surface area contributed by atoms with Gasteiger partial charge in [0.15, 0.2) is 5.83 Å². The van der Waals surface area contributed by atoms with Crippen molar-refractivity contribution in [2.75, 3.05) is 37.3 Å². The first-order chi connectivity index (χ1) is 20.8. The number of aromatic amines is 1. The molecule has 2 aliphatic heterocycles. The molecule has 2 aromatic heterocycles. The number of allylic oxidation sites excluding steroid dienone is 5. The second-order valence-electron chi connectivity index (χ2n) is 10.7. The van der Waals surface area contributed by atoms with Crippen molar-refractivity contribution in [2.24, 2.45) is 11.7 Å². The lowest BCUT2D eigenvalue weighted by molar-refractivity contribution is -0.119. The normalized spacial score (nSPS) is 19.7. The number of nitrogen functional groups attached to an aromatic ring is 1. The summed E-state index contributed by atoms with van der Waals surface area (Å²) in [5.74, 6) is -0.833. The van der Waals surface area contributed by atoms with Crippen molar-refractivity contribution in [1.29, 1.82) is 0 Å². The average Bonchev–Trinajstić information content (AvgIpc) is 3.18. The molecular weight excluding hydrogens is 552 g/mol. The van der Waals surface area contributed by atoms with Crippen molar-refractivity contribution < 1.29 is 13.6 Å². The van der Waals surface area contributed by atoms with Crippen LogP contribution < -0.4 is 22.1 Å². The van der Waals surface area contributed by atoms with Crippen LogP contribution in [0.4, 0.5) is 20.3 Å². The number of imidazole rings is 1. The standard InChI is InChI=1S/C18H20F2N2.C13H20N4O2.CH5N/c1-13-4-2-5-14(16-6-3-7-17(19)18(16)20)12-22(13)15-8-10-21-11-9-15;1-2-3-4-11-12(14)15-13(19)17(11)10-5-7-16(9-18)8-6-10;1-2/h6,8-11,14H,1-5,7,12H2;3-4,9-10H,2,5-8,14H2,1H3,(H,15,19);2H2,1H3/b;4-3-;. The predicted octanol–water partition coefficient (Wildman–Crippen LogP) is 5.62. The fourth-order valence-corrected chi connectivity index (χ4v) is 5.74. The zero-order valence-electron chi connectivity index (χ0n) is 25.3. The maximum absolute atomic E-state index is 14.2. The van der Waals surface area contributed by atoms with E-state index < -0.39 is 11.7 Å². The summed E-state index contributed by atoms with van der Waals surface area (Å²) in [4.78, 5) is 33.2. The molecule has 0 spiro atoms. The van der Waals surface area contributed by atoms with Gasteiger partial charge in [0.05, 0.1) is 5.69 Å². The van der Waals surface area contributed by atoms with E-state index in [2.05, 4.69) is 27.2 Å². The van der Waals surface area contributed by atoms with Gasteiger partial charge in [0.2, 0.25) is 6.41 Å². The predicted molar refractivity (Wildman–Crippen MR) is 169 cm³/mol. The summed E-state index contributed by atoms with van der Waals surface area (Å²) in [6, 6.07) is 3.96. The molecule has 5 rings (SSSR count). The number of amides is 1. The first-order valence-electron chi connectivity index (χ1n) is 15.0. The average molecular weight is 598 g/mol. The number of likely N-dealkylation sites (tertiary alicyclic amines) is 1. The van der Waals surface area contributed by atoms with E-state index in [1.165, 1.54) is 7.05 Å². The topological polar surface area (TPSA) is 126 Å². The molecule has 9 nitrogen and oxygen atoms in total. The number of nitrogens with one attached hydrogen (secondary N) is 1. The highest BCUT2D eigenvalue weighted by atomic mass is 19.2. The lowest BCUT2D eigenvalue weighted by Gasteiger charge is -2.30.